The largest absolute Gasteiger partial charge is 0.507 e. The van der Waals surface area contributed by atoms with Gasteiger partial charge in [-0.3, -0.25) is 4.79 Å². The van der Waals surface area contributed by atoms with Gasteiger partial charge < -0.3 is 10.0 Å². The van der Waals surface area contributed by atoms with E-state index in [2.05, 4.69) is 0 Å². The molecule has 0 bridgehead atoms. The van der Waals surface area contributed by atoms with Crippen molar-refractivity contribution in [3.8, 4) is 11.8 Å². The van der Waals surface area contributed by atoms with Crippen molar-refractivity contribution < 1.29 is 14.3 Å². The quantitative estimate of drug-likeness (QED) is 0.888. The minimum Gasteiger partial charge on any atom is -0.507 e. The van der Waals surface area contributed by atoms with Crippen LogP contribution in [0.3, 0.4) is 0 Å². The molecule has 0 aromatic heterocycles. The molecule has 0 unspecified atom stereocenters. The molecular weight excluding hydrogens is 247 g/mol. The van der Waals surface area contributed by atoms with Crippen molar-refractivity contribution >= 4 is 5.91 Å². The van der Waals surface area contributed by atoms with E-state index >= 15 is 0 Å². The van der Waals surface area contributed by atoms with Gasteiger partial charge in [0, 0.05) is 13.1 Å². The Balaban J connectivity index is 2.97. The van der Waals surface area contributed by atoms with Crippen LogP contribution in [0.4, 0.5) is 4.39 Å². The molecule has 0 heterocycles. The highest BCUT2D eigenvalue weighted by atomic mass is 19.1. The average molecular weight is 264 g/mol. The second kappa shape index (κ2) is 6.74. The van der Waals surface area contributed by atoms with E-state index in [1.54, 1.807) is 0 Å². The number of carbonyl (C=O) groups is 1. The first-order chi connectivity index (χ1) is 8.95. The highest BCUT2D eigenvalue weighted by molar-refractivity contribution is 5.96. The third-order valence-corrected chi connectivity index (χ3v) is 2.56. The summed E-state index contributed by atoms with van der Waals surface area (Å²) in [5.74, 6) is -1.07. The molecule has 0 aliphatic carbocycles. The number of hydrogen-bond donors (Lipinski definition) is 1. The molecule has 5 heteroatoms. The lowest BCUT2D eigenvalue weighted by atomic mass is 10.1. The molecule has 1 amide bonds. The number of carbonyl (C=O) groups excluding carboxylic acids is 1. The van der Waals surface area contributed by atoms with Crippen LogP contribution in [0.5, 0.6) is 5.75 Å². The number of phenols is 1. The molecule has 4 nitrogen and oxygen atoms in total. The van der Waals surface area contributed by atoms with Crippen LogP contribution in [0, 0.1) is 23.1 Å². The highest BCUT2D eigenvalue weighted by Crippen LogP contribution is 2.20. The van der Waals surface area contributed by atoms with Crippen molar-refractivity contribution in [3.05, 3.63) is 29.6 Å². The number of aromatic hydroxyl groups is 1. The number of nitriles is 1. The van der Waals surface area contributed by atoms with E-state index in [1.165, 1.54) is 4.90 Å². The standard InChI is InChI=1S/C14H17FN2O2/c1-10(2)9-17(7-3-6-16)14(19)12-8-11(15)4-5-13(12)18/h4-5,8,10,18H,3,7,9H2,1-2H3. The van der Waals surface area contributed by atoms with Gasteiger partial charge in [-0.1, -0.05) is 13.8 Å². The molecule has 1 N–H and O–H groups in total. The van der Waals surface area contributed by atoms with Gasteiger partial charge in [0.25, 0.3) is 5.91 Å². The number of hydrogen-bond acceptors (Lipinski definition) is 3. The zero-order valence-electron chi connectivity index (χ0n) is 11.1. The van der Waals surface area contributed by atoms with Gasteiger partial charge in [0.2, 0.25) is 0 Å². The lowest BCUT2D eigenvalue weighted by Crippen LogP contribution is -2.35. The summed E-state index contributed by atoms with van der Waals surface area (Å²) < 4.78 is 13.2. The Bertz CT molecular complexity index is 495. The zero-order valence-corrected chi connectivity index (χ0v) is 11.1. The van der Waals surface area contributed by atoms with Crippen LogP contribution in [0.2, 0.25) is 0 Å². The van der Waals surface area contributed by atoms with E-state index in [9.17, 15) is 14.3 Å². The van der Waals surface area contributed by atoms with Crippen LogP contribution in [0.15, 0.2) is 18.2 Å². The molecule has 0 fully saturated rings. The molecule has 0 spiro atoms. The second-order valence-electron chi connectivity index (χ2n) is 4.71. The second-order valence-corrected chi connectivity index (χ2v) is 4.71. The number of nitrogens with zero attached hydrogens (tertiary/aromatic N) is 2. The summed E-state index contributed by atoms with van der Waals surface area (Å²) in [7, 11) is 0. The molecule has 1 aromatic carbocycles. The number of amides is 1. The Morgan fingerprint density at radius 3 is 2.79 bits per heavy atom. The summed E-state index contributed by atoms with van der Waals surface area (Å²) in [4.78, 5) is 13.7. The first kappa shape index (κ1) is 15.0. The minimum absolute atomic E-state index is 0.0708. The SMILES string of the molecule is CC(C)CN(CCC#N)C(=O)c1cc(F)ccc1O. The van der Waals surface area contributed by atoms with Crippen molar-refractivity contribution in [2.75, 3.05) is 13.1 Å². The van der Waals surface area contributed by atoms with E-state index in [0.29, 0.717) is 6.54 Å². The van der Waals surface area contributed by atoms with Gasteiger partial charge in [-0.05, 0) is 24.1 Å². The summed E-state index contributed by atoms with van der Waals surface area (Å²) >= 11 is 0. The molecule has 0 atom stereocenters. The van der Waals surface area contributed by atoms with Gasteiger partial charge in [0.15, 0.2) is 0 Å². The summed E-state index contributed by atoms with van der Waals surface area (Å²) in [5.41, 5.74) is -0.0708. The van der Waals surface area contributed by atoms with Gasteiger partial charge in [0.05, 0.1) is 18.1 Å². The van der Waals surface area contributed by atoms with Crippen molar-refractivity contribution in [1.29, 1.82) is 5.26 Å². The van der Waals surface area contributed by atoms with Gasteiger partial charge in [-0.15, -0.1) is 0 Å². The summed E-state index contributed by atoms with van der Waals surface area (Å²) in [6.45, 7) is 4.61. The van der Waals surface area contributed by atoms with E-state index < -0.39 is 11.7 Å². The molecule has 0 saturated carbocycles. The van der Waals surface area contributed by atoms with Crippen LogP contribution in [0.25, 0.3) is 0 Å². The van der Waals surface area contributed by atoms with Gasteiger partial charge in [0.1, 0.15) is 11.6 Å². The van der Waals surface area contributed by atoms with Crippen LogP contribution in [0.1, 0.15) is 30.6 Å². The van der Waals surface area contributed by atoms with E-state index in [1.807, 2.05) is 19.9 Å². The maximum atomic E-state index is 13.2. The summed E-state index contributed by atoms with van der Waals surface area (Å²) in [5, 5.41) is 18.2. The Kier molecular flexibility index (Phi) is 5.31. The van der Waals surface area contributed by atoms with E-state index in [-0.39, 0.29) is 30.2 Å². The molecule has 1 rings (SSSR count). The van der Waals surface area contributed by atoms with Crippen LogP contribution >= 0.6 is 0 Å². The lowest BCUT2D eigenvalue weighted by Gasteiger charge is -2.24. The van der Waals surface area contributed by atoms with Crippen molar-refractivity contribution in [2.24, 2.45) is 5.92 Å². The van der Waals surface area contributed by atoms with Crippen LogP contribution in [-0.4, -0.2) is 29.0 Å². The third kappa shape index (κ3) is 4.25. The molecule has 0 aliphatic rings. The Hall–Kier alpha value is -2.09. The van der Waals surface area contributed by atoms with Crippen LogP contribution < -0.4 is 0 Å². The molecule has 0 radical (unpaired) electrons. The smallest absolute Gasteiger partial charge is 0.257 e. The Labute approximate surface area is 112 Å². The predicted molar refractivity (Wildman–Crippen MR) is 69.0 cm³/mol. The van der Waals surface area contributed by atoms with Crippen molar-refractivity contribution in [3.63, 3.8) is 0 Å². The molecule has 1 aromatic rings. The first-order valence-electron chi connectivity index (χ1n) is 6.10. The number of halogens is 1. The van der Waals surface area contributed by atoms with E-state index in [4.69, 9.17) is 5.26 Å². The predicted octanol–water partition coefficient (Wildman–Crippen LogP) is 2.54. The topological polar surface area (TPSA) is 64.3 Å². The molecule has 102 valence electrons. The monoisotopic (exact) mass is 264 g/mol. The Morgan fingerprint density at radius 1 is 1.53 bits per heavy atom. The molecule has 0 aliphatic heterocycles. The fourth-order valence-corrected chi connectivity index (χ4v) is 1.75. The molecular formula is C14H17FN2O2. The Morgan fingerprint density at radius 2 is 2.21 bits per heavy atom. The van der Waals surface area contributed by atoms with Gasteiger partial charge in [-0.2, -0.15) is 5.26 Å². The van der Waals surface area contributed by atoms with Crippen LogP contribution in [-0.2, 0) is 0 Å². The number of rotatable bonds is 5. The fraction of sp³-hybridized carbons (Fsp3) is 0.429. The van der Waals surface area contributed by atoms with E-state index in [0.717, 1.165) is 18.2 Å². The van der Waals surface area contributed by atoms with Crippen molar-refractivity contribution in [2.45, 2.75) is 20.3 Å². The minimum atomic E-state index is -0.578. The fourth-order valence-electron chi connectivity index (χ4n) is 1.75. The van der Waals surface area contributed by atoms with Crippen molar-refractivity contribution in [1.82, 2.24) is 4.90 Å². The maximum absolute atomic E-state index is 13.2. The molecule has 0 saturated heterocycles. The highest BCUT2D eigenvalue weighted by Gasteiger charge is 2.20. The zero-order chi connectivity index (χ0) is 14.4. The summed E-state index contributed by atoms with van der Waals surface area (Å²) in [6, 6.07) is 5.23. The van der Waals surface area contributed by atoms with Gasteiger partial charge in [-0.25, -0.2) is 4.39 Å². The summed E-state index contributed by atoms with van der Waals surface area (Å²) in [6.07, 6.45) is 0.203. The number of phenolic OH excluding ortho intramolecular Hbond substituents is 1. The first-order valence-corrected chi connectivity index (χ1v) is 6.10. The normalized spacial score (nSPS) is 10.3. The lowest BCUT2D eigenvalue weighted by molar-refractivity contribution is 0.0736. The maximum Gasteiger partial charge on any atom is 0.257 e. The molecule has 19 heavy (non-hydrogen) atoms. The van der Waals surface area contributed by atoms with Gasteiger partial charge >= 0.3 is 0 Å². The third-order valence-electron chi connectivity index (χ3n) is 2.56. The average Bonchev–Trinajstić information content (AvgIpc) is 2.36. The number of benzene rings is 1.